The van der Waals surface area contributed by atoms with Gasteiger partial charge in [0.25, 0.3) is 0 Å². The number of fused-ring (bicyclic) bond motifs is 4. The molecule has 1 aliphatic rings. The van der Waals surface area contributed by atoms with Crippen LogP contribution in [0.2, 0.25) is 0 Å². The molecule has 0 amide bonds. The van der Waals surface area contributed by atoms with Crippen molar-refractivity contribution in [2.45, 2.75) is 6.42 Å². The van der Waals surface area contributed by atoms with Crippen LogP contribution in [-0.4, -0.2) is 11.6 Å². The topological polar surface area (TPSA) is 25.2 Å². The van der Waals surface area contributed by atoms with Gasteiger partial charge < -0.3 is 9.47 Å². The predicted molar refractivity (Wildman–Crippen MR) is 124 cm³/mol. The highest BCUT2D eigenvalue weighted by Crippen LogP contribution is 2.39. The number of rotatable bonds is 1. The summed E-state index contributed by atoms with van der Waals surface area (Å²) in [5, 5.41) is 1.49. The van der Waals surface area contributed by atoms with E-state index in [2.05, 4.69) is 59.0 Å². The van der Waals surface area contributed by atoms with E-state index >= 15 is 0 Å². The van der Waals surface area contributed by atoms with Gasteiger partial charge in [-0.15, -0.1) is 0 Å². The zero-order chi connectivity index (χ0) is 20.2. The largest absolute Gasteiger partial charge is 0.344 e. The fraction of sp³-hybridized carbons (Fsp3) is 0.0741. The van der Waals surface area contributed by atoms with Crippen LogP contribution >= 0.6 is 0 Å². The Kier molecular flexibility index (Phi) is 3.59. The Morgan fingerprint density at radius 3 is 2.00 bits per heavy atom. The summed E-state index contributed by atoms with van der Waals surface area (Å²) < 4.78 is 2.21. The second kappa shape index (κ2) is 6.33. The molecule has 0 saturated carbocycles. The lowest BCUT2D eigenvalue weighted by Gasteiger charge is -2.31. The number of hydrogen-bond donors (Lipinski definition) is 0. The summed E-state index contributed by atoms with van der Waals surface area (Å²) >= 11 is 0. The summed E-state index contributed by atoms with van der Waals surface area (Å²) in [6.45, 7) is 0. The second-order valence-electron chi connectivity index (χ2n) is 7.88. The van der Waals surface area contributed by atoms with Gasteiger partial charge in [-0.25, -0.2) is 0 Å². The molecule has 2 heterocycles. The molecule has 0 spiro atoms. The molecule has 0 N–H and O–H groups in total. The van der Waals surface area contributed by atoms with Gasteiger partial charge in [-0.2, -0.15) is 0 Å². The van der Waals surface area contributed by atoms with Gasteiger partial charge in [0.1, 0.15) is 0 Å². The highest BCUT2D eigenvalue weighted by molar-refractivity contribution is 5.95. The molecule has 0 unspecified atom stereocenters. The van der Waals surface area contributed by atoms with Crippen molar-refractivity contribution in [1.82, 2.24) is 4.57 Å². The van der Waals surface area contributed by atoms with Crippen LogP contribution in [0.1, 0.15) is 11.1 Å². The van der Waals surface area contributed by atoms with Crippen molar-refractivity contribution in [3.8, 4) is 5.69 Å². The lowest BCUT2D eigenvalue weighted by molar-refractivity contribution is 1.04. The van der Waals surface area contributed by atoms with Crippen molar-refractivity contribution >= 4 is 33.2 Å². The van der Waals surface area contributed by atoms with Crippen LogP contribution in [0, 0.1) is 0 Å². The summed E-state index contributed by atoms with van der Waals surface area (Å²) in [6.07, 6.45) is 0.932. The monoisotopic (exact) mass is 388 g/mol. The van der Waals surface area contributed by atoms with E-state index < -0.39 is 0 Å². The molecule has 0 saturated heterocycles. The first-order chi connectivity index (χ1) is 14.7. The van der Waals surface area contributed by atoms with Gasteiger partial charge in [0.15, 0.2) is 5.43 Å². The molecule has 5 aromatic rings. The van der Waals surface area contributed by atoms with E-state index in [4.69, 9.17) is 0 Å². The fourth-order valence-corrected chi connectivity index (χ4v) is 4.75. The van der Waals surface area contributed by atoms with Crippen LogP contribution < -0.4 is 10.3 Å². The Bertz CT molecular complexity index is 1450. The van der Waals surface area contributed by atoms with Crippen molar-refractivity contribution in [3.63, 3.8) is 0 Å². The van der Waals surface area contributed by atoms with Gasteiger partial charge in [0.2, 0.25) is 0 Å². The van der Waals surface area contributed by atoms with Gasteiger partial charge in [-0.05, 0) is 53.6 Å². The molecule has 6 rings (SSSR count). The van der Waals surface area contributed by atoms with E-state index in [1.54, 1.807) is 0 Å². The summed E-state index contributed by atoms with van der Waals surface area (Å²) in [6, 6.07) is 30.9. The molecule has 0 atom stereocenters. The molecule has 30 heavy (non-hydrogen) atoms. The van der Waals surface area contributed by atoms with Crippen LogP contribution in [0.3, 0.4) is 0 Å². The van der Waals surface area contributed by atoms with Crippen molar-refractivity contribution < 1.29 is 0 Å². The van der Waals surface area contributed by atoms with Crippen LogP contribution in [-0.2, 0) is 6.42 Å². The molecule has 1 aromatic heterocycles. The van der Waals surface area contributed by atoms with E-state index in [0.29, 0.717) is 0 Å². The number of pyridine rings is 1. The van der Waals surface area contributed by atoms with Gasteiger partial charge in [0.05, 0.1) is 11.0 Å². The Labute approximate surface area is 174 Å². The molecular weight excluding hydrogens is 368 g/mol. The molecule has 0 radical (unpaired) electrons. The summed E-state index contributed by atoms with van der Waals surface area (Å²) in [4.78, 5) is 15.3. The van der Waals surface area contributed by atoms with E-state index in [9.17, 15) is 4.79 Å². The average Bonchev–Trinajstić information content (AvgIpc) is 2.80. The maximum atomic E-state index is 13.1. The second-order valence-corrected chi connectivity index (χ2v) is 7.88. The zero-order valence-corrected chi connectivity index (χ0v) is 16.7. The normalized spacial score (nSPS) is 12.8. The SMILES string of the molecule is CN1c2ccccc2Cc2ccc(-n3c4ccccc4c(=O)c4ccccc43)cc21. The molecule has 0 bridgehead atoms. The molecule has 4 aromatic carbocycles. The highest BCUT2D eigenvalue weighted by atomic mass is 16.1. The molecule has 1 aliphatic heterocycles. The first kappa shape index (κ1) is 17.0. The van der Waals surface area contributed by atoms with Gasteiger partial charge >= 0.3 is 0 Å². The summed E-state index contributed by atoms with van der Waals surface area (Å²) in [5.74, 6) is 0. The lowest BCUT2D eigenvalue weighted by Crippen LogP contribution is -2.19. The molecule has 144 valence electrons. The summed E-state index contributed by atoms with van der Waals surface area (Å²) in [5.41, 5.74) is 8.12. The molecule has 3 heteroatoms. The Hall–Kier alpha value is -3.85. The maximum absolute atomic E-state index is 13.1. The number of anilines is 2. The van der Waals surface area contributed by atoms with Crippen molar-refractivity contribution in [1.29, 1.82) is 0 Å². The third-order valence-corrected chi connectivity index (χ3v) is 6.20. The molecule has 3 nitrogen and oxygen atoms in total. The highest BCUT2D eigenvalue weighted by Gasteiger charge is 2.21. The van der Waals surface area contributed by atoms with Crippen LogP contribution in [0.15, 0.2) is 95.8 Å². The van der Waals surface area contributed by atoms with Gasteiger partial charge in [-0.1, -0.05) is 48.5 Å². The van der Waals surface area contributed by atoms with Gasteiger partial charge in [0, 0.05) is 41.3 Å². The summed E-state index contributed by atoms with van der Waals surface area (Å²) in [7, 11) is 2.13. The average molecular weight is 388 g/mol. The third-order valence-electron chi connectivity index (χ3n) is 6.20. The van der Waals surface area contributed by atoms with Crippen LogP contribution in [0.5, 0.6) is 0 Å². The minimum Gasteiger partial charge on any atom is -0.344 e. The van der Waals surface area contributed by atoms with Crippen molar-refractivity contribution in [3.05, 3.63) is 112 Å². The maximum Gasteiger partial charge on any atom is 0.197 e. The molecule has 0 fully saturated rings. The van der Waals surface area contributed by atoms with Crippen LogP contribution in [0.25, 0.3) is 27.5 Å². The fourth-order valence-electron chi connectivity index (χ4n) is 4.75. The smallest absolute Gasteiger partial charge is 0.197 e. The van der Waals surface area contributed by atoms with E-state index in [1.807, 2.05) is 48.5 Å². The Balaban J connectivity index is 1.66. The standard InChI is InChI=1S/C27H20N2O/c1-28-23-11-5-2-8-18(23)16-19-14-15-20(17-26(19)28)29-24-12-6-3-9-21(24)27(30)22-10-4-7-13-25(22)29/h2-15,17H,16H2,1H3. The first-order valence-electron chi connectivity index (χ1n) is 10.2. The minimum atomic E-state index is 0.0847. The van der Waals surface area contributed by atoms with Crippen molar-refractivity contribution in [2.24, 2.45) is 0 Å². The van der Waals surface area contributed by atoms with E-state index in [-0.39, 0.29) is 5.43 Å². The number of aromatic nitrogens is 1. The predicted octanol–water partition coefficient (Wildman–Crippen LogP) is 5.82. The van der Waals surface area contributed by atoms with E-state index in [1.165, 1.54) is 22.5 Å². The minimum absolute atomic E-state index is 0.0847. The van der Waals surface area contributed by atoms with E-state index in [0.717, 1.165) is 33.9 Å². The zero-order valence-electron chi connectivity index (χ0n) is 16.7. The number of benzene rings is 4. The Morgan fingerprint density at radius 2 is 1.27 bits per heavy atom. The van der Waals surface area contributed by atoms with Crippen molar-refractivity contribution in [2.75, 3.05) is 11.9 Å². The van der Waals surface area contributed by atoms with Crippen LogP contribution in [0.4, 0.5) is 11.4 Å². The molecule has 0 aliphatic carbocycles. The number of nitrogens with zero attached hydrogens (tertiary/aromatic N) is 2. The Morgan fingerprint density at radius 1 is 0.667 bits per heavy atom. The number of hydrogen-bond acceptors (Lipinski definition) is 2. The van der Waals surface area contributed by atoms with Gasteiger partial charge in [-0.3, -0.25) is 4.79 Å². The number of para-hydroxylation sites is 3. The quantitative estimate of drug-likeness (QED) is 0.338. The first-order valence-corrected chi connectivity index (χ1v) is 10.2. The third kappa shape index (κ3) is 2.35. The molecular formula is C27H20N2O. The lowest BCUT2D eigenvalue weighted by atomic mass is 9.95.